The van der Waals surface area contributed by atoms with Gasteiger partial charge < -0.3 is 4.98 Å². The Morgan fingerprint density at radius 3 is 2.94 bits per heavy atom. The van der Waals surface area contributed by atoms with Crippen LogP contribution in [0.25, 0.3) is 10.9 Å². The number of nitrogens with zero attached hydrogens (tertiary/aromatic N) is 1. The number of ketones is 1. The second-order valence-electron chi connectivity index (χ2n) is 4.45. The third-order valence-electron chi connectivity index (χ3n) is 3.12. The Kier molecular flexibility index (Phi) is 3.78. The van der Waals surface area contributed by atoms with Gasteiger partial charge in [0, 0.05) is 29.1 Å². The van der Waals surface area contributed by atoms with E-state index in [1.807, 2.05) is 6.07 Å². The molecular weight excluding hydrogens is 224 g/mol. The first-order chi connectivity index (χ1) is 8.76. The number of carbonyl (C=O) groups excluding carboxylic acids is 1. The highest BCUT2D eigenvalue weighted by atomic mass is 16.1. The molecule has 1 heterocycles. The van der Waals surface area contributed by atoms with Crippen molar-refractivity contribution in [2.45, 2.75) is 32.6 Å². The van der Waals surface area contributed by atoms with Crippen molar-refractivity contribution in [3.05, 3.63) is 35.5 Å². The molecule has 0 aliphatic rings. The van der Waals surface area contributed by atoms with Crippen molar-refractivity contribution >= 4 is 16.7 Å². The molecule has 1 aromatic carbocycles. The lowest BCUT2D eigenvalue weighted by molar-refractivity contribution is 0.0981. The van der Waals surface area contributed by atoms with Crippen LogP contribution in [0.4, 0.5) is 0 Å². The number of nitrogens with one attached hydrogen (secondary N) is 1. The van der Waals surface area contributed by atoms with Crippen molar-refractivity contribution in [2.75, 3.05) is 0 Å². The van der Waals surface area contributed by atoms with E-state index in [0.29, 0.717) is 17.5 Å². The van der Waals surface area contributed by atoms with Gasteiger partial charge in [0.15, 0.2) is 5.78 Å². The molecule has 0 aliphatic carbocycles. The van der Waals surface area contributed by atoms with Crippen molar-refractivity contribution < 1.29 is 4.79 Å². The molecule has 0 saturated carbocycles. The van der Waals surface area contributed by atoms with Crippen LogP contribution in [0.1, 0.15) is 48.5 Å². The van der Waals surface area contributed by atoms with E-state index < -0.39 is 0 Å². The topological polar surface area (TPSA) is 56.6 Å². The molecule has 0 fully saturated rings. The summed E-state index contributed by atoms with van der Waals surface area (Å²) < 4.78 is 0. The molecule has 2 aromatic rings. The largest absolute Gasteiger partial charge is 0.360 e. The first kappa shape index (κ1) is 12.4. The van der Waals surface area contributed by atoms with Crippen LogP contribution in [0, 0.1) is 11.3 Å². The second-order valence-corrected chi connectivity index (χ2v) is 4.45. The predicted molar refractivity (Wildman–Crippen MR) is 71.5 cm³/mol. The average Bonchev–Trinajstić information content (AvgIpc) is 2.81. The molecule has 0 unspecified atom stereocenters. The minimum atomic E-state index is 0.157. The number of rotatable bonds is 5. The highest BCUT2D eigenvalue weighted by molar-refractivity contribution is 6.08. The Labute approximate surface area is 106 Å². The van der Waals surface area contributed by atoms with Gasteiger partial charge in [-0.1, -0.05) is 19.8 Å². The summed E-state index contributed by atoms with van der Waals surface area (Å²) in [5.41, 5.74) is 2.20. The summed E-state index contributed by atoms with van der Waals surface area (Å²) in [5, 5.41) is 9.75. The van der Waals surface area contributed by atoms with Crippen molar-refractivity contribution in [3.63, 3.8) is 0 Å². The number of hydrogen-bond donors (Lipinski definition) is 1. The van der Waals surface area contributed by atoms with Crippen LogP contribution in [0.15, 0.2) is 24.4 Å². The Bertz CT molecular complexity index is 604. The number of unbranched alkanes of at least 4 members (excludes halogenated alkanes) is 2. The molecule has 0 spiro atoms. The zero-order valence-electron chi connectivity index (χ0n) is 10.5. The SMILES string of the molecule is CCCCCC(=O)c1c[nH]c2ccc(C#N)cc12. The van der Waals surface area contributed by atoms with Crippen LogP contribution in [-0.2, 0) is 0 Å². The molecule has 2 rings (SSSR count). The van der Waals surface area contributed by atoms with E-state index in [4.69, 9.17) is 5.26 Å². The van der Waals surface area contributed by atoms with E-state index in [-0.39, 0.29) is 5.78 Å². The number of Topliss-reactive ketones (excluding diaryl/α,β-unsaturated/α-hetero) is 1. The lowest BCUT2D eigenvalue weighted by Crippen LogP contribution is -1.97. The normalized spacial score (nSPS) is 10.4. The maximum absolute atomic E-state index is 12.1. The number of H-pyrrole nitrogens is 1. The van der Waals surface area contributed by atoms with Crippen LogP contribution in [-0.4, -0.2) is 10.8 Å². The number of fused-ring (bicyclic) bond motifs is 1. The lowest BCUT2D eigenvalue weighted by atomic mass is 10.0. The number of hydrogen-bond acceptors (Lipinski definition) is 2. The number of carbonyl (C=O) groups is 1. The minimum Gasteiger partial charge on any atom is -0.360 e. The van der Waals surface area contributed by atoms with E-state index in [9.17, 15) is 4.79 Å². The smallest absolute Gasteiger partial charge is 0.165 e. The Morgan fingerprint density at radius 1 is 1.39 bits per heavy atom. The Morgan fingerprint density at radius 2 is 2.22 bits per heavy atom. The van der Waals surface area contributed by atoms with Crippen LogP contribution in [0.2, 0.25) is 0 Å². The van der Waals surface area contributed by atoms with Crippen LogP contribution < -0.4 is 0 Å². The third-order valence-corrected chi connectivity index (χ3v) is 3.12. The summed E-state index contributed by atoms with van der Waals surface area (Å²) in [6.45, 7) is 2.12. The first-order valence-corrected chi connectivity index (χ1v) is 6.30. The van der Waals surface area contributed by atoms with Gasteiger partial charge in [-0.15, -0.1) is 0 Å². The van der Waals surface area contributed by atoms with Gasteiger partial charge in [0.2, 0.25) is 0 Å². The zero-order valence-corrected chi connectivity index (χ0v) is 10.5. The van der Waals surface area contributed by atoms with E-state index in [1.54, 1.807) is 18.3 Å². The molecule has 0 atom stereocenters. The fraction of sp³-hybridized carbons (Fsp3) is 0.333. The average molecular weight is 240 g/mol. The molecule has 1 aromatic heterocycles. The molecule has 3 heteroatoms. The van der Waals surface area contributed by atoms with Crippen molar-refractivity contribution in [1.82, 2.24) is 4.98 Å². The van der Waals surface area contributed by atoms with Gasteiger partial charge in [0.25, 0.3) is 0 Å². The quantitative estimate of drug-likeness (QED) is 0.638. The monoisotopic (exact) mass is 240 g/mol. The van der Waals surface area contributed by atoms with Crippen LogP contribution >= 0.6 is 0 Å². The van der Waals surface area contributed by atoms with Gasteiger partial charge in [0.05, 0.1) is 11.6 Å². The molecule has 0 aliphatic heterocycles. The van der Waals surface area contributed by atoms with Crippen molar-refractivity contribution in [1.29, 1.82) is 5.26 Å². The maximum Gasteiger partial charge on any atom is 0.165 e. The minimum absolute atomic E-state index is 0.157. The molecular formula is C15H16N2O. The molecule has 92 valence electrons. The molecule has 0 saturated heterocycles. The fourth-order valence-corrected chi connectivity index (χ4v) is 2.09. The first-order valence-electron chi connectivity index (χ1n) is 6.30. The van der Waals surface area contributed by atoms with Gasteiger partial charge in [-0.05, 0) is 24.6 Å². The number of benzene rings is 1. The molecule has 0 bridgehead atoms. The highest BCUT2D eigenvalue weighted by Gasteiger charge is 2.11. The van der Waals surface area contributed by atoms with Gasteiger partial charge >= 0.3 is 0 Å². The number of aromatic nitrogens is 1. The fourth-order valence-electron chi connectivity index (χ4n) is 2.09. The zero-order chi connectivity index (χ0) is 13.0. The van der Waals surface area contributed by atoms with Gasteiger partial charge in [-0.2, -0.15) is 5.26 Å². The predicted octanol–water partition coefficient (Wildman–Crippen LogP) is 3.80. The van der Waals surface area contributed by atoms with Crippen molar-refractivity contribution in [2.24, 2.45) is 0 Å². The summed E-state index contributed by atoms with van der Waals surface area (Å²) >= 11 is 0. The standard InChI is InChI=1S/C15H16N2O/c1-2-3-4-5-15(18)13-10-17-14-7-6-11(9-16)8-12(13)14/h6-8,10,17H,2-5H2,1H3. The van der Waals surface area contributed by atoms with Gasteiger partial charge in [-0.25, -0.2) is 0 Å². The molecule has 0 amide bonds. The Balaban J connectivity index is 2.28. The van der Waals surface area contributed by atoms with Gasteiger partial charge in [0.1, 0.15) is 0 Å². The summed E-state index contributed by atoms with van der Waals surface area (Å²) in [4.78, 5) is 15.2. The van der Waals surface area contributed by atoms with E-state index in [1.165, 1.54) is 0 Å². The molecule has 1 N–H and O–H groups in total. The molecule has 18 heavy (non-hydrogen) atoms. The molecule has 3 nitrogen and oxygen atoms in total. The van der Waals surface area contributed by atoms with Crippen LogP contribution in [0.3, 0.4) is 0 Å². The van der Waals surface area contributed by atoms with Crippen LogP contribution in [0.5, 0.6) is 0 Å². The maximum atomic E-state index is 12.1. The third kappa shape index (κ3) is 2.43. The Hall–Kier alpha value is -2.08. The lowest BCUT2D eigenvalue weighted by Gasteiger charge is -1.99. The highest BCUT2D eigenvalue weighted by Crippen LogP contribution is 2.21. The van der Waals surface area contributed by atoms with Gasteiger partial charge in [-0.3, -0.25) is 4.79 Å². The van der Waals surface area contributed by atoms with E-state index >= 15 is 0 Å². The summed E-state index contributed by atoms with van der Waals surface area (Å²) in [6, 6.07) is 7.48. The van der Waals surface area contributed by atoms with E-state index in [2.05, 4.69) is 18.0 Å². The second kappa shape index (κ2) is 5.50. The summed E-state index contributed by atoms with van der Waals surface area (Å²) in [7, 11) is 0. The molecule has 0 radical (unpaired) electrons. The van der Waals surface area contributed by atoms with Crippen molar-refractivity contribution in [3.8, 4) is 6.07 Å². The number of aromatic amines is 1. The summed E-state index contributed by atoms with van der Waals surface area (Å²) in [5.74, 6) is 0.157. The number of nitriles is 1. The summed E-state index contributed by atoms with van der Waals surface area (Å²) in [6.07, 6.45) is 5.45. The van der Waals surface area contributed by atoms with E-state index in [0.717, 1.165) is 30.2 Å².